The van der Waals surface area contributed by atoms with Gasteiger partial charge >= 0.3 is 0 Å². The third-order valence-corrected chi connectivity index (χ3v) is 7.74. The van der Waals surface area contributed by atoms with E-state index in [1.54, 1.807) is 31.5 Å². The van der Waals surface area contributed by atoms with E-state index in [4.69, 9.17) is 9.47 Å². The molecule has 2 heterocycles. The molecular formula is C23H26N4O4S2. The number of methoxy groups -OCH3 is 1. The van der Waals surface area contributed by atoms with Gasteiger partial charge in [0.1, 0.15) is 5.75 Å². The highest BCUT2D eigenvalue weighted by Gasteiger charge is 2.32. The number of hydrazone groups is 1. The third-order valence-electron chi connectivity index (χ3n) is 5.16. The van der Waals surface area contributed by atoms with Crippen LogP contribution in [0.25, 0.3) is 11.3 Å². The molecule has 3 aromatic rings. The topological polar surface area (TPSA) is 93.1 Å². The quantitative estimate of drug-likeness (QED) is 0.400. The average Bonchev–Trinajstić information content (AvgIpc) is 3.28. The highest BCUT2D eigenvalue weighted by molar-refractivity contribution is 7.89. The van der Waals surface area contributed by atoms with Crippen LogP contribution in [-0.2, 0) is 14.8 Å². The average molecular weight is 487 g/mol. The van der Waals surface area contributed by atoms with Gasteiger partial charge in [-0.3, -0.25) is 5.43 Å². The van der Waals surface area contributed by atoms with E-state index in [0.717, 1.165) is 16.9 Å². The zero-order chi connectivity index (χ0) is 23.4. The summed E-state index contributed by atoms with van der Waals surface area (Å²) in [5, 5.41) is 6.70. The van der Waals surface area contributed by atoms with Gasteiger partial charge < -0.3 is 9.47 Å². The lowest BCUT2D eigenvalue weighted by Crippen LogP contribution is -2.48. The molecule has 174 valence electrons. The molecule has 1 saturated heterocycles. The van der Waals surface area contributed by atoms with E-state index in [-0.39, 0.29) is 17.1 Å². The Morgan fingerprint density at radius 1 is 1.18 bits per heavy atom. The Morgan fingerprint density at radius 3 is 2.70 bits per heavy atom. The molecule has 2 aromatic carbocycles. The van der Waals surface area contributed by atoms with Crippen molar-refractivity contribution >= 4 is 32.7 Å². The number of nitrogens with zero attached hydrogens (tertiary/aromatic N) is 3. The van der Waals surface area contributed by atoms with Crippen LogP contribution in [0.5, 0.6) is 5.75 Å². The number of nitrogens with one attached hydrogen (secondary N) is 1. The third kappa shape index (κ3) is 5.41. The van der Waals surface area contributed by atoms with E-state index >= 15 is 0 Å². The number of rotatable bonds is 7. The summed E-state index contributed by atoms with van der Waals surface area (Å²) < 4.78 is 38.9. The molecule has 1 aliphatic heterocycles. The van der Waals surface area contributed by atoms with Crippen LogP contribution in [-0.4, -0.2) is 56.3 Å². The lowest BCUT2D eigenvalue weighted by Gasteiger charge is -2.34. The number of benzene rings is 2. The lowest BCUT2D eigenvalue weighted by molar-refractivity contribution is -0.0440. The van der Waals surface area contributed by atoms with Gasteiger partial charge in [-0.15, -0.1) is 11.3 Å². The van der Waals surface area contributed by atoms with Crippen LogP contribution in [0.15, 0.2) is 63.9 Å². The Balaban J connectivity index is 1.50. The SMILES string of the molecule is COc1ccccc1C=NNc1nc(-c2cccc(S(=O)(=O)N3CC(C)OC(C)C3)c2)cs1. The minimum absolute atomic E-state index is 0.143. The van der Waals surface area contributed by atoms with Crippen LogP contribution in [0.4, 0.5) is 5.13 Å². The maximum absolute atomic E-state index is 13.2. The van der Waals surface area contributed by atoms with Crippen LogP contribution in [0, 0.1) is 0 Å². The van der Waals surface area contributed by atoms with Gasteiger partial charge in [0.25, 0.3) is 0 Å². The summed E-state index contributed by atoms with van der Waals surface area (Å²) in [6, 6.07) is 14.4. The summed E-state index contributed by atoms with van der Waals surface area (Å²) in [7, 11) is -2.01. The standard InChI is InChI=1S/C23H26N4O4S2/c1-16-13-27(14-17(2)31-16)33(28,29)20-9-6-8-18(11-20)21-15-32-23(25-21)26-24-12-19-7-4-5-10-22(19)30-3/h4-12,15-17H,13-14H2,1-3H3,(H,25,26). The van der Waals surface area contributed by atoms with E-state index in [1.807, 2.05) is 49.6 Å². The van der Waals surface area contributed by atoms with E-state index in [0.29, 0.717) is 23.9 Å². The predicted molar refractivity (Wildman–Crippen MR) is 131 cm³/mol. The maximum atomic E-state index is 13.2. The lowest BCUT2D eigenvalue weighted by atomic mass is 10.2. The van der Waals surface area contributed by atoms with Crippen molar-refractivity contribution in [1.29, 1.82) is 0 Å². The Morgan fingerprint density at radius 2 is 1.94 bits per heavy atom. The number of hydrogen-bond acceptors (Lipinski definition) is 8. The molecule has 0 saturated carbocycles. The van der Waals surface area contributed by atoms with Gasteiger partial charge in [-0.2, -0.15) is 9.41 Å². The molecule has 2 unspecified atom stereocenters. The molecule has 8 nitrogen and oxygen atoms in total. The molecule has 1 fully saturated rings. The molecule has 0 spiro atoms. The minimum atomic E-state index is -3.63. The fraction of sp³-hybridized carbons (Fsp3) is 0.304. The zero-order valence-electron chi connectivity index (χ0n) is 18.6. The first-order valence-electron chi connectivity index (χ1n) is 10.5. The zero-order valence-corrected chi connectivity index (χ0v) is 20.3. The van der Waals surface area contributed by atoms with Crippen LogP contribution >= 0.6 is 11.3 Å². The van der Waals surface area contributed by atoms with E-state index in [2.05, 4.69) is 15.5 Å². The Bertz CT molecular complexity index is 1230. The van der Waals surface area contributed by atoms with Gasteiger partial charge in [-0.05, 0) is 38.1 Å². The molecular weight excluding hydrogens is 460 g/mol. The number of morpholine rings is 1. The molecule has 4 rings (SSSR count). The van der Waals surface area contributed by atoms with Crippen molar-refractivity contribution in [2.24, 2.45) is 5.10 Å². The monoisotopic (exact) mass is 486 g/mol. The summed E-state index contributed by atoms with van der Waals surface area (Å²) in [5.74, 6) is 0.727. The molecule has 2 atom stereocenters. The van der Waals surface area contributed by atoms with Gasteiger partial charge in [0.2, 0.25) is 15.2 Å². The second-order valence-corrected chi connectivity index (χ2v) is 10.6. The van der Waals surface area contributed by atoms with Crippen molar-refractivity contribution < 1.29 is 17.9 Å². The summed E-state index contributed by atoms with van der Waals surface area (Å²) in [5.41, 5.74) is 5.17. The van der Waals surface area contributed by atoms with E-state index < -0.39 is 10.0 Å². The Labute approximate surface area is 197 Å². The van der Waals surface area contributed by atoms with Crippen LogP contribution in [0.2, 0.25) is 0 Å². The Kier molecular flexibility index (Phi) is 7.08. The van der Waals surface area contributed by atoms with Gasteiger partial charge in [0.15, 0.2) is 0 Å². The Hall–Kier alpha value is -2.79. The summed E-state index contributed by atoms with van der Waals surface area (Å²) in [6.45, 7) is 4.45. The molecule has 0 aliphatic carbocycles. The van der Waals surface area contributed by atoms with Crippen LogP contribution in [0.1, 0.15) is 19.4 Å². The number of para-hydroxylation sites is 1. The first-order chi connectivity index (χ1) is 15.9. The first-order valence-corrected chi connectivity index (χ1v) is 12.8. The number of sulfonamides is 1. The van der Waals surface area contributed by atoms with Crippen LogP contribution < -0.4 is 10.2 Å². The van der Waals surface area contributed by atoms with Crippen LogP contribution in [0.3, 0.4) is 0 Å². The smallest absolute Gasteiger partial charge is 0.243 e. The molecule has 0 amide bonds. The number of anilines is 1. The fourth-order valence-electron chi connectivity index (χ4n) is 3.68. The van der Waals surface area contributed by atoms with Crippen molar-refractivity contribution in [1.82, 2.24) is 9.29 Å². The predicted octanol–water partition coefficient (Wildman–Crippen LogP) is 4.06. The fourth-order valence-corrected chi connectivity index (χ4v) is 5.99. The van der Waals surface area contributed by atoms with Crippen molar-refractivity contribution in [2.75, 3.05) is 25.6 Å². The second kappa shape index (κ2) is 10.0. The summed E-state index contributed by atoms with van der Waals surface area (Å²) in [4.78, 5) is 4.80. The van der Waals surface area contributed by atoms with E-state index in [1.165, 1.54) is 15.6 Å². The number of aromatic nitrogens is 1. The molecule has 10 heteroatoms. The highest BCUT2D eigenvalue weighted by atomic mass is 32.2. The largest absolute Gasteiger partial charge is 0.496 e. The van der Waals surface area contributed by atoms with Crippen molar-refractivity contribution in [3.63, 3.8) is 0 Å². The molecule has 0 bridgehead atoms. The van der Waals surface area contributed by atoms with Gasteiger partial charge in [0, 0.05) is 29.6 Å². The van der Waals surface area contributed by atoms with Crippen molar-refractivity contribution in [2.45, 2.75) is 31.0 Å². The molecule has 33 heavy (non-hydrogen) atoms. The van der Waals surface area contributed by atoms with Crippen molar-refractivity contribution in [3.05, 3.63) is 59.5 Å². The molecule has 0 radical (unpaired) electrons. The van der Waals surface area contributed by atoms with Gasteiger partial charge in [0.05, 0.1) is 36.1 Å². The number of hydrogen-bond donors (Lipinski definition) is 1. The number of thiazole rings is 1. The molecule has 1 aromatic heterocycles. The van der Waals surface area contributed by atoms with Gasteiger partial charge in [-0.25, -0.2) is 13.4 Å². The summed E-state index contributed by atoms with van der Waals surface area (Å²) >= 11 is 1.39. The van der Waals surface area contributed by atoms with Gasteiger partial charge in [-0.1, -0.05) is 24.3 Å². The molecule has 1 N–H and O–H groups in total. The molecule has 1 aliphatic rings. The minimum Gasteiger partial charge on any atom is -0.496 e. The first kappa shape index (κ1) is 23.4. The summed E-state index contributed by atoms with van der Waals surface area (Å²) in [6.07, 6.45) is 1.38. The van der Waals surface area contributed by atoms with Crippen molar-refractivity contribution in [3.8, 4) is 17.0 Å². The maximum Gasteiger partial charge on any atom is 0.243 e. The van der Waals surface area contributed by atoms with E-state index in [9.17, 15) is 8.42 Å². The highest BCUT2D eigenvalue weighted by Crippen LogP contribution is 2.28. The number of ether oxygens (including phenoxy) is 2. The second-order valence-electron chi connectivity index (χ2n) is 7.76. The normalized spacial score (nSPS) is 19.6.